The maximum atomic E-state index is 12.5. The van der Waals surface area contributed by atoms with Crippen LogP contribution >= 0.6 is 0 Å². The fraction of sp³-hybridized carbons (Fsp3) is 0.562. The summed E-state index contributed by atoms with van der Waals surface area (Å²) in [5, 5.41) is 3.28. The summed E-state index contributed by atoms with van der Waals surface area (Å²) in [6.45, 7) is 5.21. The largest absolute Gasteiger partial charge is 0.497 e. The molecule has 0 saturated heterocycles. The Morgan fingerprint density at radius 2 is 1.86 bits per heavy atom. The molecule has 0 aliphatic carbocycles. The zero-order valence-electron chi connectivity index (χ0n) is 13.3. The van der Waals surface area contributed by atoms with E-state index in [1.165, 1.54) is 0 Å². The molecule has 0 aliphatic heterocycles. The topological polar surface area (TPSA) is 56.8 Å². The van der Waals surface area contributed by atoms with Gasteiger partial charge in [0.15, 0.2) is 0 Å². The van der Waals surface area contributed by atoms with Crippen LogP contribution in [0, 0.1) is 0 Å². The van der Waals surface area contributed by atoms with Crippen molar-refractivity contribution in [2.24, 2.45) is 0 Å². The third kappa shape index (κ3) is 4.19. The van der Waals surface area contributed by atoms with E-state index in [4.69, 9.17) is 14.2 Å². The van der Waals surface area contributed by atoms with Gasteiger partial charge >= 0.3 is 5.97 Å². The summed E-state index contributed by atoms with van der Waals surface area (Å²) in [5.41, 5.74) is 0.00113. The van der Waals surface area contributed by atoms with E-state index in [9.17, 15) is 4.79 Å². The summed E-state index contributed by atoms with van der Waals surface area (Å²) in [6, 6.07) is 7.46. The molecule has 1 N–H and O–H groups in total. The normalized spacial score (nSPS) is 13.5. The van der Waals surface area contributed by atoms with E-state index in [1.54, 1.807) is 14.2 Å². The minimum absolute atomic E-state index is 0.270. The number of esters is 1. The second-order valence-electron chi connectivity index (χ2n) is 4.63. The number of rotatable bonds is 9. The molecular weight excluding hydrogens is 270 g/mol. The van der Waals surface area contributed by atoms with Crippen molar-refractivity contribution in [3.05, 3.63) is 29.8 Å². The summed E-state index contributed by atoms with van der Waals surface area (Å²) in [6.07, 6.45) is 0.585. The monoisotopic (exact) mass is 295 g/mol. The van der Waals surface area contributed by atoms with Gasteiger partial charge in [0.25, 0.3) is 0 Å². The van der Waals surface area contributed by atoms with Gasteiger partial charge < -0.3 is 14.2 Å². The highest BCUT2D eigenvalue weighted by atomic mass is 16.5. The quantitative estimate of drug-likeness (QED) is 0.558. The van der Waals surface area contributed by atoms with E-state index >= 15 is 0 Å². The van der Waals surface area contributed by atoms with Crippen LogP contribution in [0.4, 0.5) is 0 Å². The van der Waals surface area contributed by atoms with Crippen LogP contribution in [0.2, 0.25) is 0 Å². The molecule has 0 spiro atoms. The molecule has 0 fully saturated rings. The van der Waals surface area contributed by atoms with Crippen molar-refractivity contribution in [1.82, 2.24) is 5.32 Å². The minimum atomic E-state index is -0.860. The number of benzene rings is 1. The van der Waals surface area contributed by atoms with Gasteiger partial charge in [-0.15, -0.1) is 0 Å². The first-order valence-electron chi connectivity index (χ1n) is 7.20. The fourth-order valence-corrected chi connectivity index (χ4v) is 2.26. The zero-order chi connectivity index (χ0) is 15.7. The van der Waals surface area contributed by atoms with E-state index in [-0.39, 0.29) is 5.97 Å². The molecule has 0 bridgehead atoms. The fourth-order valence-electron chi connectivity index (χ4n) is 2.26. The Hall–Kier alpha value is -1.59. The van der Waals surface area contributed by atoms with Crippen molar-refractivity contribution < 1.29 is 19.0 Å². The number of hydrogen-bond donors (Lipinski definition) is 1. The Labute approximate surface area is 126 Å². The van der Waals surface area contributed by atoms with Crippen LogP contribution in [-0.2, 0) is 19.8 Å². The molecule has 118 valence electrons. The van der Waals surface area contributed by atoms with E-state index in [0.29, 0.717) is 26.2 Å². The zero-order valence-corrected chi connectivity index (χ0v) is 13.3. The molecule has 5 heteroatoms. The van der Waals surface area contributed by atoms with Crippen molar-refractivity contribution >= 4 is 5.97 Å². The number of carbonyl (C=O) groups excluding carboxylic acids is 1. The van der Waals surface area contributed by atoms with E-state index < -0.39 is 5.54 Å². The molecule has 0 aromatic heterocycles. The number of methoxy groups -OCH3 is 2. The Bertz CT molecular complexity index is 432. The van der Waals surface area contributed by atoms with E-state index in [0.717, 1.165) is 11.3 Å². The molecule has 0 radical (unpaired) electrons. The maximum absolute atomic E-state index is 12.5. The molecule has 1 unspecified atom stereocenters. The van der Waals surface area contributed by atoms with Gasteiger partial charge in [-0.25, -0.2) is 4.79 Å². The highest BCUT2D eigenvalue weighted by Gasteiger charge is 2.39. The smallest absolute Gasteiger partial charge is 0.330 e. The van der Waals surface area contributed by atoms with Crippen LogP contribution in [0.25, 0.3) is 0 Å². The molecule has 0 aliphatic rings. The third-order valence-electron chi connectivity index (χ3n) is 3.47. The Kier molecular flexibility index (Phi) is 7.19. The van der Waals surface area contributed by atoms with Crippen LogP contribution in [0.1, 0.15) is 25.8 Å². The summed E-state index contributed by atoms with van der Waals surface area (Å²) in [4.78, 5) is 12.5. The molecule has 5 nitrogen and oxygen atoms in total. The van der Waals surface area contributed by atoms with Gasteiger partial charge in [-0.05, 0) is 31.0 Å². The SMILES string of the molecule is CCOC(=O)C(CC)(NCCOC)c1ccc(OC)cc1. The first-order chi connectivity index (χ1) is 10.1. The summed E-state index contributed by atoms with van der Waals surface area (Å²) in [5.74, 6) is 0.485. The lowest BCUT2D eigenvalue weighted by Gasteiger charge is -2.32. The summed E-state index contributed by atoms with van der Waals surface area (Å²) >= 11 is 0. The average Bonchev–Trinajstić information content (AvgIpc) is 2.52. The molecule has 21 heavy (non-hydrogen) atoms. The third-order valence-corrected chi connectivity index (χ3v) is 3.47. The molecule has 0 amide bonds. The van der Waals surface area contributed by atoms with Crippen molar-refractivity contribution in [2.45, 2.75) is 25.8 Å². The molecule has 1 aromatic carbocycles. The Morgan fingerprint density at radius 3 is 2.33 bits per heavy atom. The minimum Gasteiger partial charge on any atom is -0.497 e. The van der Waals surface area contributed by atoms with Gasteiger partial charge in [-0.3, -0.25) is 5.32 Å². The van der Waals surface area contributed by atoms with Gasteiger partial charge in [-0.2, -0.15) is 0 Å². The molecule has 1 aromatic rings. The van der Waals surface area contributed by atoms with Crippen molar-refractivity contribution in [1.29, 1.82) is 0 Å². The summed E-state index contributed by atoms with van der Waals surface area (Å²) in [7, 11) is 3.25. The van der Waals surface area contributed by atoms with Crippen molar-refractivity contribution in [2.75, 3.05) is 34.0 Å². The molecule has 1 rings (SSSR count). The van der Waals surface area contributed by atoms with Gasteiger partial charge in [0.05, 0.1) is 20.3 Å². The first-order valence-corrected chi connectivity index (χ1v) is 7.20. The molecular formula is C16H25NO4. The van der Waals surface area contributed by atoms with Crippen molar-refractivity contribution in [3.63, 3.8) is 0 Å². The Morgan fingerprint density at radius 1 is 1.19 bits per heavy atom. The van der Waals surface area contributed by atoms with Gasteiger partial charge in [0.1, 0.15) is 11.3 Å². The lowest BCUT2D eigenvalue weighted by Crippen LogP contribution is -2.50. The van der Waals surface area contributed by atoms with Crippen LogP contribution < -0.4 is 10.1 Å². The lowest BCUT2D eigenvalue weighted by molar-refractivity contribution is -0.152. The number of hydrogen-bond acceptors (Lipinski definition) is 5. The second kappa shape index (κ2) is 8.64. The molecule has 1 atom stereocenters. The van der Waals surface area contributed by atoms with Crippen LogP contribution in [0.15, 0.2) is 24.3 Å². The molecule has 0 saturated carbocycles. The van der Waals surface area contributed by atoms with Gasteiger partial charge in [0.2, 0.25) is 0 Å². The number of nitrogens with one attached hydrogen (secondary N) is 1. The van der Waals surface area contributed by atoms with E-state index in [2.05, 4.69) is 5.32 Å². The average molecular weight is 295 g/mol. The van der Waals surface area contributed by atoms with Crippen molar-refractivity contribution in [3.8, 4) is 5.75 Å². The predicted octanol–water partition coefficient (Wildman–Crippen LogP) is 2.10. The predicted molar refractivity (Wildman–Crippen MR) is 81.5 cm³/mol. The van der Waals surface area contributed by atoms with Crippen LogP contribution in [-0.4, -0.2) is 39.9 Å². The first kappa shape index (κ1) is 17.5. The van der Waals surface area contributed by atoms with E-state index in [1.807, 2.05) is 38.1 Å². The second-order valence-corrected chi connectivity index (χ2v) is 4.63. The summed E-state index contributed by atoms with van der Waals surface area (Å²) < 4.78 is 15.5. The van der Waals surface area contributed by atoms with Gasteiger partial charge in [0, 0.05) is 13.7 Å². The number of carbonyl (C=O) groups is 1. The molecule has 0 heterocycles. The number of ether oxygens (including phenoxy) is 3. The standard InChI is InChI=1S/C16H25NO4/c1-5-16(15(18)21-6-2,17-11-12-19-3)13-7-9-14(20-4)10-8-13/h7-10,17H,5-6,11-12H2,1-4H3. The van der Waals surface area contributed by atoms with Gasteiger partial charge in [-0.1, -0.05) is 19.1 Å². The maximum Gasteiger partial charge on any atom is 0.330 e. The highest BCUT2D eigenvalue weighted by molar-refractivity contribution is 5.82. The van der Waals surface area contributed by atoms with Crippen LogP contribution in [0.5, 0.6) is 5.75 Å². The Balaban J connectivity index is 3.09. The highest BCUT2D eigenvalue weighted by Crippen LogP contribution is 2.28. The lowest BCUT2D eigenvalue weighted by atomic mass is 9.87. The van der Waals surface area contributed by atoms with Crippen LogP contribution in [0.3, 0.4) is 0 Å².